The average Bonchev–Trinajstić information content (AvgIpc) is 2.83. The molecule has 28 heavy (non-hydrogen) atoms. The van der Waals surface area contributed by atoms with E-state index in [1.807, 2.05) is 55.5 Å². The van der Waals surface area contributed by atoms with Gasteiger partial charge in [-0.25, -0.2) is 4.99 Å². The number of nitrogen functional groups attached to an aromatic ring is 2. The second kappa shape index (κ2) is 5.88. The highest BCUT2D eigenvalue weighted by Gasteiger charge is 2.44. The van der Waals surface area contributed by atoms with E-state index in [1.165, 1.54) is 0 Å². The largest absolute Gasteiger partial charge is 0.382 e. The number of hydrogen-bond acceptors (Lipinski definition) is 7. The third-order valence-corrected chi connectivity index (χ3v) is 5.27. The highest BCUT2D eigenvalue weighted by Crippen LogP contribution is 2.44. The minimum atomic E-state index is -0.491. The first-order valence-electron chi connectivity index (χ1n) is 9.01. The monoisotopic (exact) mass is 370 g/mol. The average molecular weight is 370 g/mol. The molecule has 5 N–H and O–H groups in total. The number of rotatable bonds is 1. The Balaban J connectivity index is 1.78. The lowest BCUT2D eigenvalue weighted by atomic mass is 9.88. The molecule has 7 heteroatoms. The zero-order valence-electron chi connectivity index (χ0n) is 15.2. The van der Waals surface area contributed by atoms with Gasteiger partial charge in [0.15, 0.2) is 17.4 Å². The summed E-state index contributed by atoms with van der Waals surface area (Å²) in [6, 6.07) is 15.2. The molecule has 7 nitrogen and oxygen atoms in total. The second-order valence-electron chi connectivity index (χ2n) is 7.08. The first kappa shape index (κ1) is 16.4. The number of fused-ring (bicyclic) bond motifs is 4. The standard InChI is InChI=1S/C21H18N6O/c1-10-6-8-11(9-7-10)15-14-16(12-4-2-3-5-13(12)18(14)28)24-17-19(22)26-21(23)27-20(17)25-15/h2-9,14-15H,1H3,(H5,22,23,25,26,27). The lowest BCUT2D eigenvalue weighted by Gasteiger charge is -2.24. The van der Waals surface area contributed by atoms with Gasteiger partial charge in [-0.05, 0) is 12.5 Å². The number of anilines is 3. The minimum Gasteiger partial charge on any atom is -0.382 e. The van der Waals surface area contributed by atoms with E-state index in [1.54, 1.807) is 0 Å². The zero-order valence-corrected chi connectivity index (χ0v) is 15.2. The van der Waals surface area contributed by atoms with Crippen LogP contribution in [0.25, 0.3) is 0 Å². The number of carbonyl (C=O) groups is 1. The van der Waals surface area contributed by atoms with Gasteiger partial charge < -0.3 is 16.8 Å². The van der Waals surface area contributed by atoms with Crippen molar-refractivity contribution in [1.82, 2.24) is 9.97 Å². The summed E-state index contributed by atoms with van der Waals surface area (Å²) in [7, 11) is 0. The van der Waals surface area contributed by atoms with Gasteiger partial charge in [-0.1, -0.05) is 54.1 Å². The molecule has 2 atom stereocenters. The molecule has 138 valence electrons. The van der Waals surface area contributed by atoms with Gasteiger partial charge in [0.2, 0.25) is 5.95 Å². The van der Waals surface area contributed by atoms with Crippen LogP contribution in [0.2, 0.25) is 0 Å². The number of nitrogens with one attached hydrogen (secondary N) is 1. The summed E-state index contributed by atoms with van der Waals surface area (Å²) in [6.07, 6.45) is 0. The maximum absolute atomic E-state index is 13.3. The van der Waals surface area contributed by atoms with Gasteiger partial charge in [-0.3, -0.25) is 4.79 Å². The Labute approximate surface area is 161 Å². The van der Waals surface area contributed by atoms with Crippen molar-refractivity contribution < 1.29 is 4.79 Å². The fourth-order valence-electron chi connectivity index (χ4n) is 3.92. The maximum atomic E-state index is 13.3. The molecular formula is C21H18N6O. The number of aryl methyl sites for hydroxylation is 1. The summed E-state index contributed by atoms with van der Waals surface area (Å²) in [5, 5.41) is 3.37. The molecule has 2 unspecified atom stereocenters. The molecule has 0 spiro atoms. The number of benzene rings is 2. The molecule has 1 aromatic heterocycles. The van der Waals surface area contributed by atoms with E-state index in [9.17, 15) is 4.79 Å². The second-order valence-corrected chi connectivity index (χ2v) is 7.08. The molecule has 2 aliphatic rings. The van der Waals surface area contributed by atoms with Gasteiger partial charge in [0.1, 0.15) is 5.69 Å². The smallest absolute Gasteiger partial charge is 0.224 e. The van der Waals surface area contributed by atoms with Crippen LogP contribution in [0.4, 0.5) is 23.3 Å². The molecule has 1 aliphatic heterocycles. The van der Waals surface area contributed by atoms with Crippen LogP contribution in [0.1, 0.15) is 33.1 Å². The van der Waals surface area contributed by atoms with E-state index in [0.29, 0.717) is 22.8 Å². The number of ketones is 1. The van der Waals surface area contributed by atoms with Crippen molar-refractivity contribution in [3.8, 4) is 0 Å². The quantitative estimate of drug-likeness (QED) is 0.606. The maximum Gasteiger partial charge on any atom is 0.224 e. The fraction of sp³-hybridized carbons (Fsp3) is 0.143. The van der Waals surface area contributed by atoms with Gasteiger partial charge in [0.25, 0.3) is 0 Å². The molecule has 0 bridgehead atoms. The Bertz CT molecular complexity index is 1150. The van der Waals surface area contributed by atoms with Crippen LogP contribution in [0.5, 0.6) is 0 Å². The lowest BCUT2D eigenvalue weighted by Crippen LogP contribution is -2.28. The van der Waals surface area contributed by atoms with E-state index < -0.39 is 5.92 Å². The van der Waals surface area contributed by atoms with E-state index in [2.05, 4.69) is 15.3 Å². The van der Waals surface area contributed by atoms with Crippen LogP contribution in [0.3, 0.4) is 0 Å². The van der Waals surface area contributed by atoms with E-state index >= 15 is 0 Å². The summed E-state index contributed by atoms with van der Waals surface area (Å²) in [5.74, 6) is 0.213. The molecule has 0 saturated carbocycles. The Morgan fingerprint density at radius 1 is 0.964 bits per heavy atom. The number of Topliss-reactive ketones (excluding diaryl/α,β-unsaturated/α-hetero) is 1. The SMILES string of the molecule is Cc1ccc(C2Nc3nc(N)nc(N)c3N=C3c4ccccc4C(=O)C32)cc1. The van der Waals surface area contributed by atoms with Gasteiger partial charge in [-0.15, -0.1) is 0 Å². The van der Waals surface area contributed by atoms with E-state index in [4.69, 9.17) is 16.5 Å². The van der Waals surface area contributed by atoms with E-state index in [0.717, 1.165) is 16.7 Å². The number of carbonyl (C=O) groups excluding carboxylic acids is 1. The highest BCUT2D eigenvalue weighted by molar-refractivity contribution is 6.29. The summed E-state index contributed by atoms with van der Waals surface area (Å²) < 4.78 is 0. The highest BCUT2D eigenvalue weighted by atomic mass is 16.1. The van der Waals surface area contributed by atoms with Crippen LogP contribution < -0.4 is 16.8 Å². The van der Waals surface area contributed by atoms with Gasteiger partial charge in [0.05, 0.1) is 17.7 Å². The Morgan fingerprint density at radius 3 is 2.43 bits per heavy atom. The van der Waals surface area contributed by atoms with Gasteiger partial charge in [-0.2, -0.15) is 9.97 Å². The molecule has 3 aromatic rings. The van der Waals surface area contributed by atoms with Gasteiger partial charge >= 0.3 is 0 Å². The molecule has 2 heterocycles. The lowest BCUT2D eigenvalue weighted by molar-refractivity contribution is 0.0952. The summed E-state index contributed by atoms with van der Waals surface area (Å²) >= 11 is 0. The van der Waals surface area contributed by atoms with Gasteiger partial charge in [0, 0.05) is 11.1 Å². The number of nitrogens with two attached hydrogens (primary N) is 2. The molecule has 1 aliphatic carbocycles. The summed E-state index contributed by atoms with van der Waals surface area (Å²) in [5.41, 5.74) is 16.6. The predicted octanol–water partition coefficient (Wildman–Crippen LogP) is 3.05. The molecule has 0 radical (unpaired) electrons. The molecule has 0 amide bonds. The summed E-state index contributed by atoms with van der Waals surface area (Å²) in [6.45, 7) is 2.03. The summed E-state index contributed by atoms with van der Waals surface area (Å²) in [4.78, 5) is 26.4. The van der Waals surface area contributed by atoms with Crippen LogP contribution in [0.15, 0.2) is 53.5 Å². The fourth-order valence-corrected chi connectivity index (χ4v) is 3.92. The number of hydrogen-bond donors (Lipinski definition) is 3. The first-order chi connectivity index (χ1) is 13.5. The topological polar surface area (TPSA) is 119 Å². The minimum absolute atomic E-state index is 0.0275. The Morgan fingerprint density at radius 2 is 1.68 bits per heavy atom. The Hall–Kier alpha value is -3.74. The van der Waals surface area contributed by atoms with Crippen LogP contribution in [-0.4, -0.2) is 21.5 Å². The third kappa shape index (κ3) is 2.36. The predicted molar refractivity (Wildman–Crippen MR) is 109 cm³/mol. The van der Waals surface area contributed by atoms with Crippen molar-refractivity contribution in [3.05, 3.63) is 70.8 Å². The van der Waals surface area contributed by atoms with Crippen LogP contribution in [-0.2, 0) is 0 Å². The Kier molecular flexibility index (Phi) is 3.45. The normalized spacial score (nSPS) is 19.8. The van der Waals surface area contributed by atoms with Crippen molar-refractivity contribution in [2.45, 2.75) is 13.0 Å². The van der Waals surface area contributed by atoms with Crippen LogP contribution in [0, 0.1) is 12.8 Å². The van der Waals surface area contributed by atoms with Crippen LogP contribution >= 0.6 is 0 Å². The number of aromatic nitrogens is 2. The number of aliphatic imine (C=N–C) groups is 1. The first-order valence-corrected chi connectivity index (χ1v) is 9.01. The molecule has 5 rings (SSSR count). The van der Waals surface area contributed by atoms with E-state index in [-0.39, 0.29) is 23.6 Å². The molecular weight excluding hydrogens is 352 g/mol. The van der Waals surface area contributed by atoms with Crippen molar-refractivity contribution in [2.75, 3.05) is 16.8 Å². The zero-order chi connectivity index (χ0) is 19.4. The molecule has 0 saturated heterocycles. The number of nitrogens with zero attached hydrogens (tertiary/aromatic N) is 3. The third-order valence-electron chi connectivity index (χ3n) is 5.27. The van der Waals surface area contributed by atoms with Crippen molar-refractivity contribution in [2.24, 2.45) is 10.9 Å². The molecule has 0 fully saturated rings. The van der Waals surface area contributed by atoms with Crippen molar-refractivity contribution >= 4 is 34.8 Å². The molecule has 2 aromatic carbocycles. The van der Waals surface area contributed by atoms with Crippen molar-refractivity contribution in [3.63, 3.8) is 0 Å². The van der Waals surface area contributed by atoms with Crippen molar-refractivity contribution in [1.29, 1.82) is 0 Å².